The molecule has 0 aliphatic carbocycles. The Kier molecular flexibility index (Phi) is 6.41. The van der Waals surface area contributed by atoms with Crippen LogP contribution in [-0.2, 0) is 23.9 Å². The van der Waals surface area contributed by atoms with Crippen molar-refractivity contribution < 1.29 is 29.0 Å². The second kappa shape index (κ2) is 8.74. The average molecular weight is 444 g/mol. The number of rotatable bonds is 6. The molecule has 3 rings (SSSR count). The first kappa shape index (κ1) is 23.5. The molecule has 0 spiro atoms. The van der Waals surface area contributed by atoms with Gasteiger partial charge in [-0.25, -0.2) is 4.79 Å². The van der Waals surface area contributed by atoms with Crippen LogP contribution in [0.2, 0.25) is 0 Å². The van der Waals surface area contributed by atoms with E-state index in [1.165, 1.54) is 4.90 Å². The van der Waals surface area contributed by atoms with Gasteiger partial charge < -0.3 is 24.8 Å². The molecule has 2 heterocycles. The van der Waals surface area contributed by atoms with Gasteiger partial charge in [0.25, 0.3) is 0 Å². The molecule has 1 saturated heterocycles. The van der Waals surface area contributed by atoms with E-state index in [2.05, 4.69) is 5.32 Å². The normalized spacial score (nSPS) is 20.9. The highest BCUT2D eigenvalue weighted by Crippen LogP contribution is 2.47. The van der Waals surface area contributed by atoms with E-state index in [0.29, 0.717) is 17.8 Å². The number of hydrogen-bond donors (Lipinski definition) is 3. The van der Waals surface area contributed by atoms with Gasteiger partial charge in [-0.15, -0.1) is 0 Å². The maximum Gasteiger partial charge on any atom is 0.358 e. The van der Waals surface area contributed by atoms with Gasteiger partial charge in [0, 0.05) is 5.69 Å². The molecule has 1 fully saturated rings. The summed E-state index contributed by atoms with van der Waals surface area (Å²) in [6.45, 7) is 7.69. The summed E-state index contributed by atoms with van der Waals surface area (Å²) in [5.74, 6) is -1.91. The number of carbonyl (C=O) groups excluding carboxylic acids is 3. The second-order valence-corrected chi connectivity index (χ2v) is 9.13. The molecule has 1 amide bonds. The van der Waals surface area contributed by atoms with E-state index in [1.807, 2.05) is 0 Å². The van der Waals surface area contributed by atoms with Crippen molar-refractivity contribution in [2.24, 2.45) is 11.3 Å². The number of amides is 1. The van der Waals surface area contributed by atoms with Crippen LogP contribution >= 0.6 is 0 Å². The molecule has 3 N–H and O–H groups in total. The average Bonchev–Trinajstić information content (AvgIpc) is 3.02. The Hall–Kier alpha value is -3.20. The minimum atomic E-state index is -0.838. The Morgan fingerprint density at radius 2 is 1.88 bits per heavy atom. The SMILES string of the molecule is CC(=N)Nc1ccc(C2=C(C(=O)OCOC(=O)C(C)(C)C)N3C(=O)[C@H]([C@@H](C)O)[C@H]3C2)cc1. The fourth-order valence-electron chi connectivity index (χ4n) is 3.91. The summed E-state index contributed by atoms with van der Waals surface area (Å²) in [7, 11) is 0. The Bertz CT molecular complexity index is 974. The molecule has 9 heteroatoms. The number of nitrogens with one attached hydrogen (secondary N) is 2. The van der Waals surface area contributed by atoms with Crippen LogP contribution in [0.3, 0.4) is 0 Å². The highest BCUT2D eigenvalue weighted by atomic mass is 16.7. The number of aliphatic hydroxyl groups excluding tert-OH is 1. The number of benzene rings is 1. The summed E-state index contributed by atoms with van der Waals surface area (Å²) >= 11 is 0. The fourth-order valence-corrected chi connectivity index (χ4v) is 3.91. The molecular weight excluding hydrogens is 414 g/mol. The van der Waals surface area contributed by atoms with Crippen LogP contribution in [0.1, 0.15) is 46.6 Å². The highest BCUT2D eigenvalue weighted by molar-refractivity contribution is 6.07. The topological polar surface area (TPSA) is 129 Å². The maximum absolute atomic E-state index is 12.9. The van der Waals surface area contributed by atoms with Crippen LogP contribution in [0.5, 0.6) is 0 Å². The Labute approximate surface area is 186 Å². The van der Waals surface area contributed by atoms with Crippen molar-refractivity contribution in [3.8, 4) is 0 Å². The van der Waals surface area contributed by atoms with Crippen LogP contribution in [0, 0.1) is 16.7 Å². The third-order valence-electron chi connectivity index (χ3n) is 5.48. The number of amidine groups is 1. The molecule has 3 atom stereocenters. The van der Waals surface area contributed by atoms with Gasteiger partial charge in [-0.1, -0.05) is 12.1 Å². The molecule has 1 aromatic carbocycles. The zero-order valence-electron chi connectivity index (χ0n) is 18.9. The molecule has 0 unspecified atom stereocenters. The number of anilines is 1. The molecule has 0 bridgehead atoms. The number of fused-ring (bicyclic) bond motifs is 1. The molecule has 2 aliphatic heterocycles. The molecule has 2 aliphatic rings. The van der Waals surface area contributed by atoms with Gasteiger partial charge in [0.05, 0.1) is 29.3 Å². The second-order valence-electron chi connectivity index (χ2n) is 9.13. The molecule has 0 aromatic heterocycles. The third-order valence-corrected chi connectivity index (χ3v) is 5.48. The van der Waals surface area contributed by atoms with Gasteiger partial charge in [-0.3, -0.25) is 15.0 Å². The zero-order chi connectivity index (χ0) is 23.8. The Morgan fingerprint density at radius 1 is 1.25 bits per heavy atom. The molecule has 0 radical (unpaired) electrons. The predicted molar refractivity (Wildman–Crippen MR) is 117 cm³/mol. The zero-order valence-corrected chi connectivity index (χ0v) is 18.9. The first-order valence-corrected chi connectivity index (χ1v) is 10.4. The number of ether oxygens (including phenoxy) is 2. The third kappa shape index (κ3) is 4.52. The van der Waals surface area contributed by atoms with Crippen molar-refractivity contribution in [3.05, 3.63) is 35.5 Å². The molecule has 32 heavy (non-hydrogen) atoms. The number of carbonyl (C=O) groups is 3. The van der Waals surface area contributed by atoms with Crippen LogP contribution in [0.4, 0.5) is 5.69 Å². The van der Waals surface area contributed by atoms with E-state index < -0.39 is 36.2 Å². The Balaban J connectivity index is 1.85. The first-order valence-electron chi connectivity index (χ1n) is 10.4. The van der Waals surface area contributed by atoms with E-state index >= 15 is 0 Å². The Morgan fingerprint density at radius 3 is 2.41 bits per heavy atom. The van der Waals surface area contributed by atoms with Gasteiger partial charge in [0.2, 0.25) is 12.7 Å². The van der Waals surface area contributed by atoms with Crippen molar-refractivity contribution in [2.45, 2.75) is 53.2 Å². The number of esters is 2. The predicted octanol–water partition coefficient (Wildman–Crippen LogP) is 2.51. The quantitative estimate of drug-likeness (QED) is 0.203. The van der Waals surface area contributed by atoms with Crippen molar-refractivity contribution >= 4 is 34.9 Å². The van der Waals surface area contributed by atoms with Gasteiger partial charge in [0.15, 0.2) is 0 Å². The number of nitrogens with zero attached hydrogens (tertiary/aromatic N) is 1. The van der Waals surface area contributed by atoms with Crippen molar-refractivity contribution in [2.75, 3.05) is 12.1 Å². The lowest BCUT2D eigenvalue weighted by Crippen LogP contribution is -2.61. The summed E-state index contributed by atoms with van der Waals surface area (Å²) in [5.41, 5.74) is 1.43. The van der Waals surface area contributed by atoms with E-state index in [9.17, 15) is 19.5 Å². The maximum atomic E-state index is 12.9. The standard InChI is InChI=1S/C23H29N3O6/c1-12(27)18-17-10-16(14-6-8-15(9-7-14)25-13(2)24)19(26(17)20(18)28)21(29)31-11-32-22(30)23(3,4)5/h6-9,12,17-18,27H,10-11H2,1-5H3,(H2,24,25)/t12-,17-,18-/m1/s1. The summed E-state index contributed by atoms with van der Waals surface area (Å²) in [5, 5.41) is 20.4. The van der Waals surface area contributed by atoms with Crippen LogP contribution < -0.4 is 5.32 Å². The summed E-state index contributed by atoms with van der Waals surface area (Å²) in [6, 6.07) is 6.80. The van der Waals surface area contributed by atoms with E-state index in [-0.39, 0.29) is 17.6 Å². The van der Waals surface area contributed by atoms with Crippen molar-refractivity contribution in [1.29, 1.82) is 5.41 Å². The monoisotopic (exact) mass is 443 g/mol. The van der Waals surface area contributed by atoms with Crippen LogP contribution in [0.25, 0.3) is 5.57 Å². The fraction of sp³-hybridized carbons (Fsp3) is 0.478. The van der Waals surface area contributed by atoms with Crippen LogP contribution in [-0.4, -0.2) is 52.6 Å². The van der Waals surface area contributed by atoms with Crippen LogP contribution in [0.15, 0.2) is 30.0 Å². The first-order chi connectivity index (χ1) is 14.9. The number of aliphatic hydroxyl groups is 1. The number of β-lactam (4-membered cyclic amide) rings is 1. The minimum absolute atomic E-state index is 0.104. The van der Waals surface area contributed by atoms with E-state index in [4.69, 9.17) is 14.9 Å². The van der Waals surface area contributed by atoms with Gasteiger partial charge in [0.1, 0.15) is 5.70 Å². The minimum Gasteiger partial charge on any atom is -0.427 e. The summed E-state index contributed by atoms with van der Waals surface area (Å²) in [4.78, 5) is 38.9. The van der Waals surface area contributed by atoms with Crippen molar-refractivity contribution in [1.82, 2.24) is 4.90 Å². The van der Waals surface area contributed by atoms with Gasteiger partial charge in [-0.2, -0.15) is 0 Å². The number of hydrogen-bond acceptors (Lipinski definition) is 7. The lowest BCUT2D eigenvalue weighted by molar-refractivity contribution is -0.175. The highest BCUT2D eigenvalue weighted by Gasteiger charge is 2.57. The molecule has 1 aromatic rings. The molecule has 0 saturated carbocycles. The molecule has 172 valence electrons. The lowest BCUT2D eigenvalue weighted by Gasteiger charge is -2.44. The van der Waals surface area contributed by atoms with Gasteiger partial charge in [-0.05, 0) is 64.3 Å². The summed E-state index contributed by atoms with van der Waals surface area (Å²) < 4.78 is 10.2. The van der Waals surface area contributed by atoms with E-state index in [1.54, 1.807) is 58.9 Å². The smallest absolute Gasteiger partial charge is 0.358 e. The largest absolute Gasteiger partial charge is 0.427 e. The summed E-state index contributed by atoms with van der Waals surface area (Å²) in [6.07, 6.45) is -0.445. The molecular formula is C23H29N3O6. The van der Waals surface area contributed by atoms with E-state index in [0.717, 1.165) is 11.3 Å². The van der Waals surface area contributed by atoms with Gasteiger partial charge >= 0.3 is 11.9 Å². The molecule has 9 nitrogen and oxygen atoms in total. The van der Waals surface area contributed by atoms with Crippen molar-refractivity contribution in [3.63, 3.8) is 0 Å². The lowest BCUT2D eigenvalue weighted by atomic mass is 9.82.